The molecule has 0 amide bonds. The van der Waals surface area contributed by atoms with Crippen LogP contribution in [0.4, 0.5) is 0 Å². The summed E-state index contributed by atoms with van der Waals surface area (Å²) in [5.41, 5.74) is 2.48. The van der Waals surface area contributed by atoms with Crippen LogP contribution >= 0.6 is 27.3 Å². The maximum Gasteiger partial charge on any atom is 0.0900 e. The predicted octanol–water partition coefficient (Wildman–Crippen LogP) is 4.03. The van der Waals surface area contributed by atoms with Gasteiger partial charge in [-0.3, -0.25) is 0 Å². The lowest BCUT2D eigenvalue weighted by Crippen LogP contribution is -2.18. The van der Waals surface area contributed by atoms with Crippen LogP contribution in [-0.4, -0.2) is 12.0 Å². The molecule has 1 atom stereocenters. The molecule has 0 aliphatic carbocycles. The molecular formula is C14H17BrN2S. The number of hydrogen-bond donors (Lipinski definition) is 1. The minimum atomic E-state index is 0.345. The summed E-state index contributed by atoms with van der Waals surface area (Å²) in [6.45, 7) is 4.15. The van der Waals surface area contributed by atoms with Crippen molar-refractivity contribution in [2.24, 2.45) is 0 Å². The number of halogens is 1. The van der Waals surface area contributed by atoms with Gasteiger partial charge in [0.2, 0.25) is 0 Å². The Bertz CT molecular complexity index is 519. The molecular weight excluding hydrogens is 308 g/mol. The van der Waals surface area contributed by atoms with Crippen LogP contribution in [0.1, 0.15) is 27.2 Å². The molecule has 1 aromatic heterocycles. The summed E-state index contributed by atoms with van der Waals surface area (Å²) < 4.78 is 1.12. The molecule has 2 nitrogen and oxygen atoms in total. The Balaban J connectivity index is 2.19. The largest absolute Gasteiger partial charge is 0.312 e. The van der Waals surface area contributed by atoms with E-state index in [9.17, 15) is 0 Å². The van der Waals surface area contributed by atoms with Crippen molar-refractivity contribution in [2.45, 2.75) is 26.3 Å². The maximum atomic E-state index is 4.51. The molecule has 1 heterocycles. The van der Waals surface area contributed by atoms with Crippen LogP contribution in [0.15, 0.2) is 28.7 Å². The fourth-order valence-corrected chi connectivity index (χ4v) is 3.35. The summed E-state index contributed by atoms with van der Waals surface area (Å²) >= 11 is 5.25. The first-order valence-corrected chi connectivity index (χ1v) is 7.56. The van der Waals surface area contributed by atoms with Crippen molar-refractivity contribution in [3.05, 3.63) is 49.9 Å². The summed E-state index contributed by atoms with van der Waals surface area (Å²) in [4.78, 5) is 5.85. The van der Waals surface area contributed by atoms with Gasteiger partial charge in [0.15, 0.2) is 0 Å². The van der Waals surface area contributed by atoms with Crippen molar-refractivity contribution < 1.29 is 0 Å². The number of benzene rings is 1. The molecule has 2 rings (SSSR count). The van der Waals surface area contributed by atoms with E-state index in [4.69, 9.17) is 0 Å². The zero-order valence-corrected chi connectivity index (χ0v) is 13.2. The molecule has 2 aromatic rings. The van der Waals surface area contributed by atoms with Crippen LogP contribution in [0.3, 0.4) is 0 Å². The molecule has 0 saturated heterocycles. The highest BCUT2D eigenvalue weighted by atomic mass is 79.9. The zero-order valence-electron chi connectivity index (χ0n) is 10.8. The monoisotopic (exact) mass is 324 g/mol. The van der Waals surface area contributed by atoms with Gasteiger partial charge in [0, 0.05) is 15.4 Å². The average Bonchev–Trinajstić information content (AvgIpc) is 2.68. The molecule has 0 radical (unpaired) electrons. The average molecular weight is 325 g/mol. The standard InChI is InChI=1S/C14H17BrN2S/c1-9-14(18-10(2)17-9)13(16-3)8-11-4-6-12(15)7-5-11/h4-7,13,16H,8H2,1-3H3. The Morgan fingerprint density at radius 2 is 1.94 bits per heavy atom. The number of likely N-dealkylation sites (N-methyl/N-ethyl adjacent to an activating group) is 1. The van der Waals surface area contributed by atoms with Crippen molar-refractivity contribution in [3.63, 3.8) is 0 Å². The second-order valence-electron chi connectivity index (χ2n) is 4.35. The molecule has 18 heavy (non-hydrogen) atoms. The first-order chi connectivity index (χ1) is 8.60. The van der Waals surface area contributed by atoms with Crippen LogP contribution in [0.5, 0.6) is 0 Å². The lowest BCUT2D eigenvalue weighted by molar-refractivity contribution is 0.598. The topological polar surface area (TPSA) is 24.9 Å². The van der Waals surface area contributed by atoms with E-state index in [1.807, 2.05) is 7.05 Å². The van der Waals surface area contributed by atoms with Gasteiger partial charge in [-0.2, -0.15) is 0 Å². The van der Waals surface area contributed by atoms with E-state index < -0.39 is 0 Å². The molecule has 1 unspecified atom stereocenters. The lowest BCUT2D eigenvalue weighted by Gasteiger charge is -2.15. The third kappa shape index (κ3) is 3.19. The summed E-state index contributed by atoms with van der Waals surface area (Å²) in [5, 5.41) is 4.53. The number of hydrogen-bond acceptors (Lipinski definition) is 3. The number of nitrogens with zero attached hydrogens (tertiary/aromatic N) is 1. The van der Waals surface area contributed by atoms with Gasteiger partial charge < -0.3 is 5.32 Å². The highest BCUT2D eigenvalue weighted by Gasteiger charge is 2.16. The fourth-order valence-electron chi connectivity index (χ4n) is 2.05. The van der Waals surface area contributed by atoms with Crippen LogP contribution in [0, 0.1) is 13.8 Å². The van der Waals surface area contributed by atoms with E-state index in [2.05, 4.69) is 64.3 Å². The van der Waals surface area contributed by atoms with Crippen molar-refractivity contribution in [1.82, 2.24) is 10.3 Å². The fraction of sp³-hybridized carbons (Fsp3) is 0.357. The Morgan fingerprint density at radius 3 is 2.44 bits per heavy atom. The zero-order chi connectivity index (χ0) is 13.1. The maximum absolute atomic E-state index is 4.51. The second kappa shape index (κ2) is 5.95. The third-order valence-electron chi connectivity index (χ3n) is 2.96. The van der Waals surface area contributed by atoms with Crippen molar-refractivity contribution in [3.8, 4) is 0 Å². The minimum Gasteiger partial charge on any atom is -0.312 e. The van der Waals surface area contributed by atoms with Crippen molar-refractivity contribution in [2.75, 3.05) is 7.05 Å². The van der Waals surface area contributed by atoms with Gasteiger partial charge in [-0.15, -0.1) is 11.3 Å². The van der Waals surface area contributed by atoms with E-state index in [0.29, 0.717) is 6.04 Å². The molecule has 0 spiro atoms. The number of aromatic nitrogens is 1. The van der Waals surface area contributed by atoms with E-state index in [1.165, 1.54) is 10.4 Å². The molecule has 0 aliphatic heterocycles. The van der Waals surface area contributed by atoms with Crippen molar-refractivity contribution in [1.29, 1.82) is 0 Å². The van der Waals surface area contributed by atoms with Crippen LogP contribution in [0.2, 0.25) is 0 Å². The first-order valence-electron chi connectivity index (χ1n) is 5.95. The van der Waals surface area contributed by atoms with E-state index >= 15 is 0 Å². The number of thiazole rings is 1. The van der Waals surface area contributed by atoms with Gasteiger partial charge >= 0.3 is 0 Å². The van der Waals surface area contributed by atoms with Crippen LogP contribution in [-0.2, 0) is 6.42 Å². The summed E-state index contributed by atoms with van der Waals surface area (Å²) in [6, 6.07) is 8.85. The van der Waals surface area contributed by atoms with Gasteiger partial charge in [-0.1, -0.05) is 28.1 Å². The molecule has 0 bridgehead atoms. The quantitative estimate of drug-likeness (QED) is 0.918. The second-order valence-corrected chi connectivity index (χ2v) is 6.50. The van der Waals surface area contributed by atoms with Gasteiger partial charge in [0.1, 0.15) is 0 Å². The Labute approximate surface area is 121 Å². The molecule has 1 N–H and O–H groups in total. The van der Waals surface area contributed by atoms with Gasteiger partial charge in [0.25, 0.3) is 0 Å². The summed E-state index contributed by atoms with van der Waals surface area (Å²) in [6.07, 6.45) is 0.992. The minimum absolute atomic E-state index is 0.345. The van der Waals surface area contributed by atoms with Crippen LogP contribution in [0.25, 0.3) is 0 Å². The molecule has 4 heteroatoms. The Kier molecular flexibility index (Phi) is 4.54. The van der Waals surface area contributed by atoms with E-state index in [-0.39, 0.29) is 0 Å². The molecule has 0 fully saturated rings. The first kappa shape index (κ1) is 13.7. The summed E-state index contributed by atoms with van der Waals surface area (Å²) in [5.74, 6) is 0. The van der Waals surface area contributed by atoms with Crippen LogP contribution < -0.4 is 5.32 Å². The highest BCUT2D eigenvalue weighted by molar-refractivity contribution is 9.10. The van der Waals surface area contributed by atoms with E-state index in [1.54, 1.807) is 11.3 Å². The van der Waals surface area contributed by atoms with Gasteiger partial charge in [0.05, 0.1) is 10.7 Å². The van der Waals surface area contributed by atoms with E-state index in [0.717, 1.165) is 21.6 Å². The normalized spacial score (nSPS) is 12.7. The lowest BCUT2D eigenvalue weighted by atomic mass is 10.0. The number of nitrogens with one attached hydrogen (secondary N) is 1. The molecule has 96 valence electrons. The SMILES string of the molecule is CNC(Cc1ccc(Br)cc1)c1sc(C)nc1C. The summed E-state index contributed by atoms with van der Waals surface area (Å²) in [7, 11) is 2.01. The molecule has 0 saturated carbocycles. The smallest absolute Gasteiger partial charge is 0.0900 e. The predicted molar refractivity (Wildman–Crippen MR) is 81.2 cm³/mol. The Morgan fingerprint density at radius 1 is 1.28 bits per heavy atom. The molecule has 0 aliphatic rings. The Hall–Kier alpha value is -0.710. The number of rotatable bonds is 4. The van der Waals surface area contributed by atoms with Gasteiger partial charge in [-0.25, -0.2) is 4.98 Å². The van der Waals surface area contributed by atoms with Gasteiger partial charge in [-0.05, 0) is 45.0 Å². The highest BCUT2D eigenvalue weighted by Crippen LogP contribution is 2.27. The molecule has 1 aromatic carbocycles. The number of aryl methyl sites for hydroxylation is 2. The van der Waals surface area contributed by atoms with Crippen molar-refractivity contribution >= 4 is 27.3 Å². The third-order valence-corrected chi connectivity index (χ3v) is 4.67.